The topological polar surface area (TPSA) is 70.8 Å². The normalized spacial score (nSPS) is 12.0. The van der Waals surface area contributed by atoms with E-state index in [-0.39, 0.29) is 18.0 Å². The second-order valence-corrected chi connectivity index (χ2v) is 7.62. The first-order valence-electron chi connectivity index (χ1n) is 6.23. The van der Waals surface area contributed by atoms with Crippen molar-refractivity contribution in [3.8, 4) is 0 Å². The highest BCUT2D eigenvalue weighted by molar-refractivity contribution is 9.10. The Morgan fingerprint density at radius 2 is 2.05 bits per heavy atom. The summed E-state index contributed by atoms with van der Waals surface area (Å²) in [5.41, 5.74) is 1.94. The van der Waals surface area contributed by atoms with E-state index in [1.165, 1.54) is 29.9 Å². The Labute approximate surface area is 132 Å². The molecule has 0 saturated carbocycles. The number of rotatable bonds is 5. The molecule has 21 heavy (non-hydrogen) atoms. The van der Waals surface area contributed by atoms with E-state index in [1.54, 1.807) is 19.1 Å². The first kappa shape index (κ1) is 16.2. The van der Waals surface area contributed by atoms with E-state index >= 15 is 0 Å². The van der Waals surface area contributed by atoms with Crippen molar-refractivity contribution in [2.45, 2.75) is 25.0 Å². The predicted octanol–water partition coefficient (Wildman–Crippen LogP) is 2.66. The van der Waals surface area contributed by atoms with Crippen molar-refractivity contribution in [1.29, 1.82) is 0 Å². The standard InChI is InChI=1S/C14H16BrNO4S/c1-10-13(15)5-12(8-17)6-14(10)21(18,19)16(2)7-11-3-4-20-9-11/h3-6,9,17H,7-8H2,1-2H3. The zero-order valence-electron chi connectivity index (χ0n) is 11.7. The average molecular weight is 374 g/mol. The van der Waals surface area contributed by atoms with Crippen LogP contribution < -0.4 is 0 Å². The fourth-order valence-electron chi connectivity index (χ4n) is 1.96. The molecule has 0 fully saturated rings. The van der Waals surface area contributed by atoms with E-state index in [0.717, 1.165) is 5.56 Å². The van der Waals surface area contributed by atoms with Gasteiger partial charge in [-0.25, -0.2) is 8.42 Å². The lowest BCUT2D eigenvalue weighted by Gasteiger charge is -2.19. The van der Waals surface area contributed by atoms with E-state index in [9.17, 15) is 13.5 Å². The van der Waals surface area contributed by atoms with E-state index in [4.69, 9.17) is 4.42 Å². The highest BCUT2D eigenvalue weighted by Crippen LogP contribution is 2.28. The zero-order valence-corrected chi connectivity index (χ0v) is 14.1. The van der Waals surface area contributed by atoms with Crippen LogP contribution in [0.4, 0.5) is 0 Å². The Bertz CT molecular complexity index is 726. The third-order valence-corrected chi connectivity index (χ3v) is 5.97. The highest BCUT2D eigenvalue weighted by Gasteiger charge is 2.24. The first-order chi connectivity index (χ1) is 9.86. The number of benzene rings is 1. The summed E-state index contributed by atoms with van der Waals surface area (Å²) in [5.74, 6) is 0. The molecule has 0 aliphatic rings. The summed E-state index contributed by atoms with van der Waals surface area (Å²) in [7, 11) is -2.14. The molecule has 0 spiro atoms. The number of hydrogen-bond donors (Lipinski definition) is 1. The van der Waals surface area contributed by atoms with Gasteiger partial charge < -0.3 is 9.52 Å². The lowest BCUT2D eigenvalue weighted by molar-refractivity contribution is 0.281. The fraction of sp³-hybridized carbons (Fsp3) is 0.286. The monoisotopic (exact) mass is 373 g/mol. The van der Waals surface area contributed by atoms with Crippen LogP contribution in [0.3, 0.4) is 0 Å². The second-order valence-electron chi connectivity index (χ2n) is 4.75. The molecule has 1 heterocycles. The maximum atomic E-state index is 12.7. The van der Waals surface area contributed by atoms with Gasteiger partial charge in [-0.05, 0) is 36.2 Å². The lowest BCUT2D eigenvalue weighted by atomic mass is 10.2. The molecule has 0 aliphatic carbocycles. The van der Waals surface area contributed by atoms with Crippen LogP contribution in [0.25, 0.3) is 0 Å². The molecule has 1 N–H and O–H groups in total. The van der Waals surface area contributed by atoms with E-state index < -0.39 is 10.0 Å². The summed E-state index contributed by atoms with van der Waals surface area (Å²) in [6.45, 7) is 1.73. The van der Waals surface area contributed by atoms with Crippen molar-refractivity contribution in [3.05, 3.63) is 51.9 Å². The molecule has 1 aromatic heterocycles. The molecule has 7 heteroatoms. The van der Waals surface area contributed by atoms with Gasteiger partial charge in [-0.3, -0.25) is 0 Å². The summed E-state index contributed by atoms with van der Waals surface area (Å²) < 4.78 is 32.3. The molecule has 0 amide bonds. The molecule has 1 aromatic carbocycles. The lowest BCUT2D eigenvalue weighted by Crippen LogP contribution is -2.27. The van der Waals surface area contributed by atoms with Crippen molar-refractivity contribution in [2.24, 2.45) is 0 Å². The maximum absolute atomic E-state index is 12.7. The van der Waals surface area contributed by atoms with Crippen molar-refractivity contribution < 1.29 is 17.9 Å². The number of halogens is 1. The minimum atomic E-state index is -3.65. The third-order valence-electron chi connectivity index (χ3n) is 3.21. The number of aliphatic hydroxyl groups is 1. The van der Waals surface area contributed by atoms with Gasteiger partial charge in [0.05, 0.1) is 24.0 Å². The van der Waals surface area contributed by atoms with Gasteiger partial charge in [0.25, 0.3) is 0 Å². The number of nitrogens with zero attached hydrogens (tertiary/aromatic N) is 1. The minimum absolute atomic E-state index is 0.187. The van der Waals surface area contributed by atoms with E-state index in [1.807, 2.05) is 0 Å². The van der Waals surface area contributed by atoms with Gasteiger partial charge in [0.15, 0.2) is 0 Å². The smallest absolute Gasteiger partial charge is 0.243 e. The largest absolute Gasteiger partial charge is 0.472 e. The molecule has 0 radical (unpaired) electrons. The fourth-order valence-corrected chi connectivity index (χ4v) is 4.05. The van der Waals surface area contributed by atoms with Crippen LogP contribution in [-0.4, -0.2) is 24.9 Å². The summed E-state index contributed by atoms with van der Waals surface area (Å²) in [6.07, 6.45) is 3.02. The number of furan rings is 1. The molecule has 0 unspecified atom stereocenters. The average Bonchev–Trinajstić information content (AvgIpc) is 2.94. The molecule has 2 rings (SSSR count). The third kappa shape index (κ3) is 3.37. The van der Waals surface area contributed by atoms with Gasteiger partial charge in [0, 0.05) is 23.6 Å². The van der Waals surface area contributed by atoms with Gasteiger partial charge in [-0.1, -0.05) is 15.9 Å². The second kappa shape index (κ2) is 6.31. The van der Waals surface area contributed by atoms with Crippen LogP contribution in [0.5, 0.6) is 0 Å². The summed E-state index contributed by atoms with van der Waals surface area (Å²) in [6, 6.07) is 4.94. The van der Waals surface area contributed by atoms with Crippen LogP contribution >= 0.6 is 15.9 Å². The summed E-state index contributed by atoms with van der Waals surface area (Å²) in [4.78, 5) is 0.187. The zero-order chi connectivity index (χ0) is 15.6. The molecular formula is C14H16BrNO4S. The summed E-state index contributed by atoms with van der Waals surface area (Å²) in [5, 5.41) is 9.25. The van der Waals surface area contributed by atoms with Crippen molar-refractivity contribution >= 4 is 26.0 Å². The van der Waals surface area contributed by atoms with Gasteiger partial charge in [0.1, 0.15) is 0 Å². The highest BCUT2D eigenvalue weighted by atomic mass is 79.9. The number of hydrogen-bond acceptors (Lipinski definition) is 4. The Morgan fingerprint density at radius 1 is 1.33 bits per heavy atom. The number of aliphatic hydroxyl groups excluding tert-OH is 1. The predicted molar refractivity (Wildman–Crippen MR) is 82.2 cm³/mol. The quantitative estimate of drug-likeness (QED) is 0.874. The van der Waals surface area contributed by atoms with Gasteiger partial charge in [-0.15, -0.1) is 0 Å². The molecule has 0 aliphatic heterocycles. The molecule has 2 aromatic rings. The van der Waals surface area contributed by atoms with Crippen molar-refractivity contribution in [1.82, 2.24) is 4.31 Å². The first-order valence-corrected chi connectivity index (χ1v) is 8.47. The Morgan fingerprint density at radius 3 is 2.62 bits per heavy atom. The maximum Gasteiger partial charge on any atom is 0.243 e. The molecule has 0 saturated heterocycles. The molecule has 114 valence electrons. The SMILES string of the molecule is Cc1c(Br)cc(CO)cc1S(=O)(=O)N(C)Cc1ccoc1. The van der Waals surface area contributed by atoms with Crippen molar-refractivity contribution in [3.63, 3.8) is 0 Å². The van der Waals surface area contributed by atoms with E-state index in [0.29, 0.717) is 15.6 Å². The van der Waals surface area contributed by atoms with Gasteiger partial charge in [0.2, 0.25) is 10.0 Å². The number of sulfonamides is 1. The van der Waals surface area contributed by atoms with Crippen LogP contribution in [-0.2, 0) is 23.2 Å². The van der Waals surface area contributed by atoms with E-state index in [2.05, 4.69) is 15.9 Å². The Balaban J connectivity index is 2.41. The molecule has 0 atom stereocenters. The van der Waals surface area contributed by atoms with Crippen LogP contribution in [0, 0.1) is 6.92 Å². The Hall–Kier alpha value is -1.15. The minimum Gasteiger partial charge on any atom is -0.472 e. The van der Waals surface area contributed by atoms with Crippen molar-refractivity contribution in [2.75, 3.05) is 7.05 Å². The molecular weight excluding hydrogens is 358 g/mol. The Kier molecular flexibility index (Phi) is 4.88. The van der Waals surface area contributed by atoms with Crippen LogP contribution in [0.15, 0.2) is 44.5 Å². The summed E-state index contributed by atoms with van der Waals surface area (Å²) >= 11 is 3.33. The molecule has 0 bridgehead atoms. The molecule has 5 nitrogen and oxygen atoms in total. The van der Waals surface area contributed by atoms with Gasteiger partial charge in [-0.2, -0.15) is 4.31 Å². The van der Waals surface area contributed by atoms with Crippen LogP contribution in [0.2, 0.25) is 0 Å². The van der Waals surface area contributed by atoms with Crippen LogP contribution in [0.1, 0.15) is 16.7 Å². The van der Waals surface area contributed by atoms with Gasteiger partial charge >= 0.3 is 0 Å².